The van der Waals surface area contributed by atoms with Gasteiger partial charge in [-0.1, -0.05) is 24.3 Å². The summed E-state index contributed by atoms with van der Waals surface area (Å²) >= 11 is 0. The maximum Gasteiger partial charge on any atom is 0.223 e. The molecule has 1 aromatic heterocycles. The van der Waals surface area contributed by atoms with Crippen molar-refractivity contribution in [3.63, 3.8) is 0 Å². The Hall–Kier alpha value is -1.88. The number of hydrogen-bond acceptors (Lipinski definition) is 4. The molecule has 1 aromatic carbocycles. The van der Waals surface area contributed by atoms with E-state index in [1.807, 2.05) is 54.9 Å². The number of aliphatic hydroxyl groups is 1. The Balaban J connectivity index is 2.51. The minimum atomic E-state index is -0.00582. The normalized spacial score (nSPS) is 10.7. The van der Waals surface area contributed by atoms with Gasteiger partial charge in [0.1, 0.15) is 0 Å². The molecule has 0 unspecified atom stereocenters. The molecule has 2 aromatic rings. The lowest BCUT2D eigenvalue weighted by Gasteiger charge is -2.10. The zero-order chi connectivity index (χ0) is 13.1. The van der Waals surface area contributed by atoms with Gasteiger partial charge in [-0.15, -0.1) is 5.10 Å². The van der Waals surface area contributed by atoms with Crippen LogP contribution in [0, 0.1) is 0 Å². The lowest BCUT2D eigenvalue weighted by Crippen LogP contribution is -2.15. The highest BCUT2D eigenvalue weighted by atomic mass is 16.3. The molecule has 18 heavy (non-hydrogen) atoms. The summed E-state index contributed by atoms with van der Waals surface area (Å²) in [6, 6.07) is 7.65. The van der Waals surface area contributed by atoms with E-state index in [0.29, 0.717) is 5.82 Å². The Labute approximate surface area is 107 Å². The van der Waals surface area contributed by atoms with Crippen LogP contribution in [0.1, 0.15) is 12.5 Å². The second-order valence-electron chi connectivity index (χ2n) is 4.26. The fraction of sp³-hybridized carbons (Fsp3) is 0.385. The third-order valence-electron chi connectivity index (χ3n) is 2.78. The first-order chi connectivity index (χ1) is 8.67. The second kappa shape index (κ2) is 5.18. The van der Waals surface area contributed by atoms with Crippen LogP contribution in [0.5, 0.6) is 0 Å². The van der Waals surface area contributed by atoms with Gasteiger partial charge in [0, 0.05) is 26.2 Å². The van der Waals surface area contributed by atoms with Crippen molar-refractivity contribution in [2.24, 2.45) is 0 Å². The van der Waals surface area contributed by atoms with Gasteiger partial charge in [0.15, 0.2) is 5.82 Å². The van der Waals surface area contributed by atoms with Crippen LogP contribution in [0.4, 0.5) is 5.95 Å². The molecular weight excluding hydrogens is 228 g/mol. The summed E-state index contributed by atoms with van der Waals surface area (Å²) in [4.78, 5) is 6.46. The highest BCUT2D eigenvalue weighted by Gasteiger charge is 2.14. The highest BCUT2D eigenvalue weighted by Crippen LogP contribution is 2.22. The lowest BCUT2D eigenvalue weighted by molar-refractivity contribution is 0.282. The Kier molecular flexibility index (Phi) is 3.62. The number of rotatable bonds is 4. The fourth-order valence-electron chi connectivity index (χ4n) is 1.87. The third kappa shape index (κ3) is 2.22. The Morgan fingerprint density at radius 1 is 1.28 bits per heavy atom. The topological polar surface area (TPSA) is 54.2 Å². The van der Waals surface area contributed by atoms with Crippen LogP contribution in [0.25, 0.3) is 11.4 Å². The van der Waals surface area contributed by atoms with E-state index in [2.05, 4.69) is 10.1 Å². The van der Waals surface area contributed by atoms with Crippen LogP contribution in [0.2, 0.25) is 0 Å². The summed E-state index contributed by atoms with van der Waals surface area (Å²) in [6.45, 7) is 2.79. The van der Waals surface area contributed by atoms with E-state index in [1.165, 1.54) is 0 Å². The minimum Gasteiger partial charge on any atom is -0.392 e. The minimum absolute atomic E-state index is 0.00582. The van der Waals surface area contributed by atoms with Crippen molar-refractivity contribution in [3.8, 4) is 11.4 Å². The Morgan fingerprint density at radius 2 is 2.00 bits per heavy atom. The number of nitrogens with zero attached hydrogens (tertiary/aromatic N) is 4. The maximum absolute atomic E-state index is 9.35. The van der Waals surface area contributed by atoms with Gasteiger partial charge in [0.2, 0.25) is 5.95 Å². The van der Waals surface area contributed by atoms with E-state index < -0.39 is 0 Å². The van der Waals surface area contributed by atoms with Crippen molar-refractivity contribution in [2.75, 3.05) is 19.0 Å². The van der Waals surface area contributed by atoms with E-state index >= 15 is 0 Å². The monoisotopic (exact) mass is 246 g/mol. The number of aryl methyl sites for hydroxylation is 1. The van der Waals surface area contributed by atoms with Gasteiger partial charge in [-0.2, -0.15) is 4.98 Å². The summed E-state index contributed by atoms with van der Waals surface area (Å²) in [5.41, 5.74) is 1.73. The quantitative estimate of drug-likeness (QED) is 0.888. The van der Waals surface area contributed by atoms with E-state index in [1.54, 1.807) is 0 Å². The van der Waals surface area contributed by atoms with Crippen LogP contribution in [0.15, 0.2) is 24.3 Å². The standard InChI is InChI=1S/C13H18N4O/c1-4-17-13(16(2)3)14-12(15-17)11-8-6-5-7-10(11)9-18/h5-8,18H,4,9H2,1-3H3. The number of anilines is 1. The number of aliphatic hydroxyl groups excluding tert-OH is 1. The SMILES string of the molecule is CCn1nc(-c2ccccc2CO)nc1N(C)C. The molecule has 0 spiro atoms. The first-order valence-electron chi connectivity index (χ1n) is 5.98. The molecule has 2 rings (SSSR count). The first kappa shape index (κ1) is 12.6. The molecule has 5 nitrogen and oxygen atoms in total. The van der Waals surface area contributed by atoms with Gasteiger partial charge in [-0.25, -0.2) is 4.68 Å². The molecule has 0 aliphatic heterocycles. The molecule has 0 amide bonds. The van der Waals surface area contributed by atoms with Crippen LogP contribution in [-0.2, 0) is 13.2 Å². The molecule has 5 heteroatoms. The number of hydrogen-bond donors (Lipinski definition) is 1. The van der Waals surface area contributed by atoms with Gasteiger partial charge in [0.25, 0.3) is 0 Å². The molecule has 1 heterocycles. The smallest absolute Gasteiger partial charge is 0.223 e. The lowest BCUT2D eigenvalue weighted by atomic mass is 10.1. The van der Waals surface area contributed by atoms with Gasteiger partial charge >= 0.3 is 0 Å². The average molecular weight is 246 g/mol. The second-order valence-corrected chi connectivity index (χ2v) is 4.26. The Morgan fingerprint density at radius 3 is 2.56 bits per heavy atom. The molecule has 0 atom stereocenters. The molecule has 0 aliphatic rings. The first-order valence-corrected chi connectivity index (χ1v) is 5.98. The van der Waals surface area contributed by atoms with Crippen molar-refractivity contribution in [1.29, 1.82) is 0 Å². The van der Waals surface area contributed by atoms with Crippen molar-refractivity contribution in [3.05, 3.63) is 29.8 Å². The summed E-state index contributed by atoms with van der Waals surface area (Å²) in [6.07, 6.45) is 0. The van der Waals surface area contributed by atoms with E-state index in [0.717, 1.165) is 23.6 Å². The highest BCUT2D eigenvalue weighted by molar-refractivity contribution is 5.61. The van der Waals surface area contributed by atoms with Crippen molar-refractivity contribution in [1.82, 2.24) is 14.8 Å². The van der Waals surface area contributed by atoms with Crippen molar-refractivity contribution >= 4 is 5.95 Å². The number of benzene rings is 1. The Bertz CT molecular complexity index is 534. The molecule has 0 bridgehead atoms. The fourth-order valence-corrected chi connectivity index (χ4v) is 1.87. The molecule has 1 N–H and O–H groups in total. The molecule has 0 saturated carbocycles. The average Bonchev–Trinajstić information content (AvgIpc) is 2.82. The van der Waals surface area contributed by atoms with Crippen molar-refractivity contribution < 1.29 is 5.11 Å². The summed E-state index contributed by atoms with van der Waals surface area (Å²) in [7, 11) is 3.88. The largest absolute Gasteiger partial charge is 0.392 e. The molecule has 0 saturated heterocycles. The van der Waals surface area contributed by atoms with E-state index in [-0.39, 0.29) is 6.61 Å². The zero-order valence-electron chi connectivity index (χ0n) is 11.0. The van der Waals surface area contributed by atoms with Gasteiger partial charge in [0.05, 0.1) is 6.61 Å². The van der Waals surface area contributed by atoms with E-state index in [9.17, 15) is 5.11 Å². The van der Waals surface area contributed by atoms with E-state index in [4.69, 9.17) is 0 Å². The van der Waals surface area contributed by atoms with Gasteiger partial charge < -0.3 is 10.0 Å². The summed E-state index contributed by atoms with van der Waals surface area (Å²) < 4.78 is 1.85. The molecule has 96 valence electrons. The molecular formula is C13H18N4O. The molecule has 0 radical (unpaired) electrons. The van der Waals surface area contributed by atoms with Crippen LogP contribution in [0.3, 0.4) is 0 Å². The summed E-state index contributed by atoms with van der Waals surface area (Å²) in [5, 5.41) is 13.8. The van der Waals surface area contributed by atoms with Crippen LogP contribution >= 0.6 is 0 Å². The van der Waals surface area contributed by atoms with Gasteiger partial charge in [-0.05, 0) is 12.5 Å². The zero-order valence-corrected chi connectivity index (χ0v) is 11.0. The predicted molar refractivity (Wildman–Crippen MR) is 71.4 cm³/mol. The summed E-state index contributed by atoms with van der Waals surface area (Å²) in [5.74, 6) is 1.48. The van der Waals surface area contributed by atoms with Gasteiger partial charge in [-0.3, -0.25) is 0 Å². The van der Waals surface area contributed by atoms with Crippen LogP contribution < -0.4 is 4.90 Å². The predicted octanol–water partition coefficient (Wildman–Crippen LogP) is 1.52. The molecule has 0 aliphatic carbocycles. The maximum atomic E-state index is 9.35. The number of aromatic nitrogens is 3. The third-order valence-corrected chi connectivity index (χ3v) is 2.78. The van der Waals surface area contributed by atoms with Crippen molar-refractivity contribution in [2.45, 2.75) is 20.1 Å². The van der Waals surface area contributed by atoms with Crippen LogP contribution in [-0.4, -0.2) is 34.0 Å². The molecule has 0 fully saturated rings.